The van der Waals surface area contributed by atoms with Crippen LogP contribution in [0.3, 0.4) is 0 Å². The number of rotatable bonds is 5. The number of hydrogen-bond acceptors (Lipinski definition) is 2. The van der Waals surface area contributed by atoms with Gasteiger partial charge in [0.2, 0.25) is 0 Å². The van der Waals surface area contributed by atoms with E-state index in [0.717, 1.165) is 11.6 Å². The van der Waals surface area contributed by atoms with E-state index in [-0.39, 0.29) is 6.42 Å². The summed E-state index contributed by atoms with van der Waals surface area (Å²) in [6.45, 7) is 2.92. The Kier molecular flexibility index (Phi) is 4.83. The molecule has 0 aliphatic heterocycles. The number of carboxylic acids is 1. The van der Waals surface area contributed by atoms with Crippen LogP contribution in [-0.2, 0) is 4.79 Å². The molecule has 0 heterocycles. The highest BCUT2D eigenvalue weighted by Crippen LogP contribution is 2.30. The van der Waals surface area contributed by atoms with Crippen molar-refractivity contribution in [2.75, 3.05) is 11.4 Å². The Hall–Kier alpha value is -1.51. The van der Waals surface area contributed by atoms with E-state index < -0.39 is 5.97 Å². The normalized spacial score (nSPS) is 23.0. The maximum atomic E-state index is 10.8. The molecule has 1 fully saturated rings. The van der Waals surface area contributed by atoms with Crippen LogP contribution in [0.2, 0.25) is 0 Å². The molecule has 0 radical (unpaired) electrons. The minimum absolute atomic E-state index is 0.209. The minimum atomic E-state index is -0.717. The van der Waals surface area contributed by atoms with E-state index in [1.165, 1.54) is 25.7 Å². The number of aliphatic carboxylic acids is 1. The molecule has 1 saturated carbocycles. The second-order valence-corrected chi connectivity index (χ2v) is 5.59. The van der Waals surface area contributed by atoms with Gasteiger partial charge in [-0.25, -0.2) is 0 Å². The van der Waals surface area contributed by atoms with Crippen LogP contribution < -0.4 is 4.90 Å². The van der Waals surface area contributed by atoms with Gasteiger partial charge in [0.15, 0.2) is 0 Å². The molecule has 3 heteroatoms. The lowest BCUT2D eigenvalue weighted by molar-refractivity contribution is -0.136. The summed E-state index contributed by atoms with van der Waals surface area (Å²) in [6.07, 6.45) is 5.06. The van der Waals surface area contributed by atoms with Crippen molar-refractivity contribution in [3.63, 3.8) is 0 Å². The van der Waals surface area contributed by atoms with E-state index in [4.69, 9.17) is 5.11 Å². The molecule has 19 heavy (non-hydrogen) atoms. The molecule has 0 atom stereocenters. The summed E-state index contributed by atoms with van der Waals surface area (Å²) >= 11 is 0. The first-order valence-electron chi connectivity index (χ1n) is 7.20. The summed E-state index contributed by atoms with van der Waals surface area (Å²) in [5, 5.41) is 8.92. The molecular weight excluding hydrogens is 238 g/mol. The Bertz CT molecular complexity index is 396. The molecule has 0 saturated heterocycles. The molecule has 1 aliphatic carbocycles. The highest BCUT2D eigenvalue weighted by molar-refractivity contribution is 5.67. The van der Waals surface area contributed by atoms with E-state index in [1.807, 2.05) is 18.2 Å². The van der Waals surface area contributed by atoms with Crippen molar-refractivity contribution in [1.29, 1.82) is 0 Å². The van der Waals surface area contributed by atoms with Crippen molar-refractivity contribution >= 4 is 11.7 Å². The van der Waals surface area contributed by atoms with Gasteiger partial charge in [-0.3, -0.25) is 4.79 Å². The molecule has 1 N–H and O–H groups in total. The molecule has 0 bridgehead atoms. The SMILES string of the molecule is CC1CCC(N(CCC(=O)O)c2ccccc2)CC1. The molecule has 3 nitrogen and oxygen atoms in total. The first-order chi connectivity index (χ1) is 9.16. The smallest absolute Gasteiger partial charge is 0.305 e. The van der Waals surface area contributed by atoms with E-state index in [9.17, 15) is 4.79 Å². The van der Waals surface area contributed by atoms with E-state index in [0.29, 0.717) is 12.6 Å². The van der Waals surface area contributed by atoms with Crippen molar-refractivity contribution in [1.82, 2.24) is 0 Å². The van der Waals surface area contributed by atoms with Crippen molar-refractivity contribution in [2.24, 2.45) is 5.92 Å². The molecule has 0 amide bonds. The maximum Gasteiger partial charge on any atom is 0.305 e. The number of para-hydroxylation sites is 1. The minimum Gasteiger partial charge on any atom is -0.481 e. The molecule has 0 spiro atoms. The molecular formula is C16H23NO2. The third-order valence-electron chi connectivity index (χ3n) is 4.08. The van der Waals surface area contributed by atoms with Gasteiger partial charge in [0.25, 0.3) is 0 Å². The zero-order valence-corrected chi connectivity index (χ0v) is 11.6. The Morgan fingerprint density at radius 1 is 1.21 bits per heavy atom. The van der Waals surface area contributed by atoms with Crippen LogP contribution in [0.1, 0.15) is 39.0 Å². The average molecular weight is 261 g/mol. The first kappa shape index (κ1) is 13.9. The topological polar surface area (TPSA) is 40.5 Å². The number of anilines is 1. The Morgan fingerprint density at radius 3 is 2.42 bits per heavy atom. The monoisotopic (exact) mass is 261 g/mol. The van der Waals surface area contributed by atoms with Gasteiger partial charge in [-0.1, -0.05) is 25.1 Å². The van der Waals surface area contributed by atoms with Crippen LogP contribution >= 0.6 is 0 Å². The number of hydrogen-bond donors (Lipinski definition) is 1. The standard InChI is InChI=1S/C16H23NO2/c1-13-7-9-15(10-8-13)17(12-11-16(18)19)14-5-3-2-4-6-14/h2-6,13,15H,7-12H2,1H3,(H,18,19). The molecule has 1 aliphatic rings. The quantitative estimate of drug-likeness (QED) is 0.881. The lowest BCUT2D eigenvalue weighted by Crippen LogP contribution is -2.39. The lowest BCUT2D eigenvalue weighted by atomic mass is 9.86. The number of carboxylic acid groups (broad SMARTS) is 1. The molecule has 104 valence electrons. The first-order valence-corrected chi connectivity index (χ1v) is 7.20. The zero-order valence-electron chi connectivity index (χ0n) is 11.6. The average Bonchev–Trinajstić information content (AvgIpc) is 2.42. The van der Waals surface area contributed by atoms with Gasteiger partial charge in [0.1, 0.15) is 0 Å². The van der Waals surface area contributed by atoms with Gasteiger partial charge in [-0.05, 0) is 43.7 Å². The Balaban J connectivity index is 2.07. The molecule has 0 aromatic heterocycles. The van der Waals surface area contributed by atoms with Gasteiger partial charge in [-0.15, -0.1) is 0 Å². The van der Waals surface area contributed by atoms with Crippen molar-refractivity contribution in [3.05, 3.63) is 30.3 Å². The van der Waals surface area contributed by atoms with Gasteiger partial charge >= 0.3 is 5.97 Å². The summed E-state index contributed by atoms with van der Waals surface area (Å²) in [5.74, 6) is 0.0958. The maximum absolute atomic E-state index is 10.8. The lowest BCUT2D eigenvalue weighted by Gasteiger charge is -2.37. The van der Waals surface area contributed by atoms with Crippen LogP contribution in [0.15, 0.2) is 30.3 Å². The second kappa shape index (κ2) is 6.60. The van der Waals surface area contributed by atoms with Crippen LogP contribution in [0.25, 0.3) is 0 Å². The Morgan fingerprint density at radius 2 is 1.84 bits per heavy atom. The summed E-state index contributed by atoms with van der Waals surface area (Å²) in [6, 6.07) is 10.7. The molecule has 2 rings (SSSR count). The van der Waals surface area contributed by atoms with Crippen LogP contribution in [0.5, 0.6) is 0 Å². The van der Waals surface area contributed by atoms with Crippen LogP contribution in [-0.4, -0.2) is 23.7 Å². The van der Waals surface area contributed by atoms with Gasteiger partial charge < -0.3 is 10.0 Å². The van der Waals surface area contributed by atoms with E-state index >= 15 is 0 Å². The molecule has 0 unspecified atom stereocenters. The fourth-order valence-electron chi connectivity index (χ4n) is 2.91. The largest absolute Gasteiger partial charge is 0.481 e. The van der Waals surface area contributed by atoms with Crippen LogP contribution in [0.4, 0.5) is 5.69 Å². The number of nitrogens with zero attached hydrogens (tertiary/aromatic N) is 1. The van der Waals surface area contributed by atoms with Crippen LogP contribution in [0, 0.1) is 5.92 Å². The summed E-state index contributed by atoms with van der Waals surface area (Å²) in [7, 11) is 0. The molecule has 1 aromatic rings. The number of carbonyl (C=O) groups is 1. The van der Waals surface area contributed by atoms with Gasteiger partial charge in [0.05, 0.1) is 6.42 Å². The van der Waals surface area contributed by atoms with E-state index in [1.54, 1.807) is 0 Å². The van der Waals surface area contributed by atoms with Gasteiger partial charge in [0, 0.05) is 18.3 Å². The fourth-order valence-corrected chi connectivity index (χ4v) is 2.91. The zero-order chi connectivity index (χ0) is 13.7. The van der Waals surface area contributed by atoms with Crippen molar-refractivity contribution < 1.29 is 9.90 Å². The predicted octanol–water partition coefficient (Wildman–Crippen LogP) is 3.55. The second-order valence-electron chi connectivity index (χ2n) is 5.59. The highest BCUT2D eigenvalue weighted by Gasteiger charge is 2.24. The highest BCUT2D eigenvalue weighted by atomic mass is 16.4. The van der Waals surface area contributed by atoms with Crippen molar-refractivity contribution in [2.45, 2.75) is 45.1 Å². The van der Waals surface area contributed by atoms with E-state index in [2.05, 4.69) is 24.0 Å². The number of benzene rings is 1. The summed E-state index contributed by atoms with van der Waals surface area (Å²) < 4.78 is 0. The summed E-state index contributed by atoms with van der Waals surface area (Å²) in [4.78, 5) is 13.1. The Labute approximate surface area is 115 Å². The fraction of sp³-hybridized carbons (Fsp3) is 0.562. The summed E-state index contributed by atoms with van der Waals surface area (Å²) in [5.41, 5.74) is 1.16. The predicted molar refractivity (Wildman–Crippen MR) is 77.5 cm³/mol. The third kappa shape index (κ3) is 3.98. The van der Waals surface area contributed by atoms with Crippen molar-refractivity contribution in [3.8, 4) is 0 Å². The van der Waals surface area contributed by atoms with Gasteiger partial charge in [-0.2, -0.15) is 0 Å². The third-order valence-corrected chi connectivity index (χ3v) is 4.08. The molecule has 1 aromatic carbocycles.